The Balaban J connectivity index is 1.42. The van der Waals surface area contributed by atoms with Crippen molar-refractivity contribution >= 4 is 33.2 Å². The molecule has 5 nitrogen and oxygen atoms in total. The summed E-state index contributed by atoms with van der Waals surface area (Å²) >= 11 is 1.75. The zero-order valence-electron chi connectivity index (χ0n) is 13.8. The molecule has 1 aromatic carbocycles. The van der Waals surface area contributed by atoms with Crippen LogP contribution in [0.15, 0.2) is 48.0 Å². The van der Waals surface area contributed by atoms with Gasteiger partial charge in [0.1, 0.15) is 5.82 Å². The average molecular weight is 353 g/mol. The molecule has 0 atom stereocenters. The minimum Gasteiger partial charge on any atom is -0.478 e. The SMILES string of the molecule is O=C(O)c1cccc(CN2CCN(c3nccc4sccc34)CC2)c1. The van der Waals surface area contributed by atoms with Crippen LogP contribution in [-0.4, -0.2) is 47.1 Å². The van der Waals surface area contributed by atoms with Gasteiger partial charge in [-0.15, -0.1) is 11.3 Å². The Kier molecular flexibility index (Phi) is 4.38. The first-order chi connectivity index (χ1) is 12.2. The Morgan fingerprint density at radius 2 is 2.00 bits per heavy atom. The number of thiophene rings is 1. The highest BCUT2D eigenvalue weighted by molar-refractivity contribution is 7.17. The standard InChI is InChI=1S/C19H19N3O2S/c23-19(24)15-3-1-2-14(12-15)13-21-7-9-22(10-8-21)18-16-5-11-25-17(16)4-6-20-18/h1-6,11-12H,7-10,13H2,(H,23,24). The molecule has 0 saturated carbocycles. The van der Waals surface area contributed by atoms with Gasteiger partial charge in [-0.25, -0.2) is 9.78 Å². The molecule has 0 unspecified atom stereocenters. The molecule has 25 heavy (non-hydrogen) atoms. The second kappa shape index (κ2) is 6.82. The summed E-state index contributed by atoms with van der Waals surface area (Å²) in [6.07, 6.45) is 1.89. The third-order valence-electron chi connectivity index (χ3n) is 4.61. The lowest BCUT2D eigenvalue weighted by molar-refractivity contribution is 0.0696. The third kappa shape index (κ3) is 3.36. The predicted octanol–water partition coefficient (Wildman–Crippen LogP) is 3.32. The molecule has 0 aliphatic carbocycles. The summed E-state index contributed by atoms with van der Waals surface area (Å²) in [4.78, 5) is 20.4. The summed E-state index contributed by atoms with van der Waals surface area (Å²) in [5, 5.41) is 12.5. The number of hydrogen-bond acceptors (Lipinski definition) is 5. The van der Waals surface area contributed by atoms with E-state index in [0.717, 1.165) is 44.1 Å². The number of carboxylic acid groups (broad SMARTS) is 1. The number of carbonyl (C=O) groups is 1. The summed E-state index contributed by atoms with van der Waals surface area (Å²) in [5.74, 6) is 0.202. The minimum atomic E-state index is -0.874. The first-order valence-corrected chi connectivity index (χ1v) is 9.20. The zero-order chi connectivity index (χ0) is 17.2. The van der Waals surface area contributed by atoms with Crippen molar-refractivity contribution in [2.24, 2.45) is 0 Å². The van der Waals surface area contributed by atoms with Crippen LogP contribution in [0.1, 0.15) is 15.9 Å². The number of anilines is 1. The van der Waals surface area contributed by atoms with Crippen LogP contribution in [0.3, 0.4) is 0 Å². The number of nitrogens with zero attached hydrogens (tertiary/aromatic N) is 3. The van der Waals surface area contributed by atoms with Gasteiger partial charge in [0.2, 0.25) is 0 Å². The maximum atomic E-state index is 11.1. The smallest absolute Gasteiger partial charge is 0.335 e. The highest BCUT2D eigenvalue weighted by Gasteiger charge is 2.20. The van der Waals surface area contributed by atoms with E-state index in [1.807, 2.05) is 18.3 Å². The van der Waals surface area contributed by atoms with E-state index in [1.54, 1.807) is 23.5 Å². The summed E-state index contributed by atoms with van der Waals surface area (Å²) in [5.41, 5.74) is 1.40. The number of aromatic carboxylic acids is 1. The van der Waals surface area contributed by atoms with Crippen molar-refractivity contribution in [1.82, 2.24) is 9.88 Å². The van der Waals surface area contributed by atoms with Crippen LogP contribution in [-0.2, 0) is 6.54 Å². The average Bonchev–Trinajstić information content (AvgIpc) is 3.11. The largest absolute Gasteiger partial charge is 0.478 e. The molecule has 0 radical (unpaired) electrons. The Morgan fingerprint density at radius 1 is 1.16 bits per heavy atom. The van der Waals surface area contributed by atoms with Crippen LogP contribution in [0.5, 0.6) is 0 Å². The van der Waals surface area contributed by atoms with Crippen molar-refractivity contribution in [3.05, 3.63) is 59.1 Å². The third-order valence-corrected chi connectivity index (χ3v) is 5.49. The number of benzene rings is 1. The molecule has 128 valence electrons. The Labute approximate surface area is 150 Å². The van der Waals surface area contributed by atoms with Crippen LogP contribution in [0, 0.1) is 0 Å². The van der Waals surface area contributed by atoms with Crippen molar-refractivity contribution in [2.75, 3.05) is 31.1 Å². The number of carboxylic acids is 1. The highest BCUT2D eigenvalue weighted by atomic mass is 32.1. The molecule has 1 saturated heterocycles. The quantitative estimate of drug-likeness (QED) is 0.780. The van der Waals surface area contributed by atoms with E-state index >= 15 is 0 Å². The van der Waals surface area contributed by atoms with Gasteiger partial charge in [-0.3, -0.25) is 4.90 Å². The van der Waals surface area contributed by atoms with Gasteiger partial charge in [0.15, 0.2) is 0 Å². The van der Waals surface area contributed by atoms with Crippen LogP contribution in [0.25, 0.3) is 10.1 Å². The molecular formula is C19H19N3O2S. The van der Waals surface area contributed by atoms with Gasteiger partial charge in [0.25, 0.3) is 0 Å². The van der Waals surface area contributed by atoms with Crippen molar-refractivity contribution in [1.29, 1.82) is 0 Å². The van der Waals surface area contributed by atoms with Crippen molar-refractivity contribution in [3.8, 4) is 0 Å². The number of hydrogen-bond donors (Lipinski definition) is 1. The molecule has 2 aromatic heterocycles. The highest BCUT2D eigenvalue weighted by Crippen LogP contribution is 2.29. The Morgan fingerprint density at radius 3 is 2.80 bits per heavy atom. The molecular weight excluding hydrogens is 334 g/mol. The van der Waals surface area contributed by atoms with Gasteiger partial charge in [0.05, 0.1) is 5.56 Å². The second-order valence-electron chi connectivity index (χ2n) is 6.24. The van der Waals surface area contributed by atoms with Gasteiger partial charge < -0.3 is 10.0 Å². The number of pyridine rings is 1. The molecule has 1 N–H and O–H groups in total. The minimum absolute atomic E-state index is 0.351. The fourth-order valence-corrected chi connectivity index (χ4v) is 4.09. The maximum absolute atomic E-state index is 11.1. The van der Waals surface area contributed by atoms with E-state index < -0.39 is 5.97 Å². The molecule has 0 amide bonds. The summed E-state index contributed by atoms with van der Waals surface area (Å²) in [7, 11) is 0. The number of piperazine rings is 1. The summed E-state index contributed by atoms with van der Waals surface area (Å²) < 4.78 is 1.28. The fraction of sp³-hybridized carbons (Fsp3) is 0.263. The number of fused-ring (bicyclic) bond motifs is 1. The molecule has 0 spiro atoms. The predicted molar refractivity (Wildman–Crippen MR) is 101 cm³/mol. The molecule has 6 heteroatoms. The molecule has 3 aromatic rings. The lowest BCUT2D eigenvalue weighted by Crippen LogP contribution is -2.46. The van der Waals surface area contributed by atoms with Gasteiger partial charge >= 0.3 is 5.97 Å². The van der Waals surface area contributed by atoms with Gasteiger partial charge in [-0.1, -0.05) is 12.1 Å². The first-order valence-electron chi connectivity index (χ1n) is 8.32. The van der Waals surface area contributed by atoms with Crippen LogP contribution < -0.4 is 4.90 Å². The van der Waals surface area contributed by atoms with Gasteiger partial charge in [-0.2, -0.15) is 0 Å². The molecule has 1 fully saturated rings. The van der Waals surface area contributed by atoms with Gasteiger partial charge in [0, 0.05) is 49.0 Å². The van der Waals surface area contributed by atoms with Crippen molar-refractivity contribution in [3.63, 3.8) is 0 Å². The normalized spacial score (nSPS) is 15.6. The van der Waals surface area contributed by atoms with Crippen molar-refractivity contribution in [2.45, 2.75) is 6.54 Å². The van der Waals surface area contributed by atoms with Gasteiger partial charge in [-0.05, 0) is 35.2 Å². The number of aromatic nitrogens is 1. The van der Waals surface area contributed by atoms with Crippen LogP contribution in [0.2, 0.25) is 0 Å². The molecule has 0 bridgehead atoms. The van der Waals surface area contributed by atoms with E-state index in [4.69, 9.17) is 5.11 Å². The Bertz CT molecular complexity index is 900. The van der Waals surface area contributed by atoms with E-state index in [1.165, 1.54) is 10.1 Å². The molecule has 3 heterocycles. The molecule has 1 aliphatic heterocycles. The summed E-state index contributed by atoms with van der Waals surface area (Å²) in [6, 6.07) is 11.4. The lowest BCUT2D eigenvalue weighted by atomic mass is 10.1. The van der Waals surface area contributed by atoms with E-state index in [0.29, 0.717) is 5.56 Å². The van der Waals surface area contributed by atoms with E-state index in [2.05, 4.69) is 32.3 Å². The lowest BCUT2D eigenvalue weighted by Gasteiger charge is -2.35. The summed E-state index contributed by atoms with van der Waals surface area (Å²) in [6.45, 7) is 4.53. The maximum Gasteiger partial charge on any atom is 0.335 e. The van der Waals surface area contributed by atoms with Crippen LogP contribution >= 0.6 is 11.3 Å². The monoisotopic (exact) mass is 353 g/mol. The Hall–Kier alpha value is -2.44. The topological polar surface area (TPSA) is 56.7 Å². The van der Waals surface area contributed by atoms with Crippen LogP contribution in [0.4, 0.5) is 5.82 Å². The van der Waals surface area contributed by atoms with E-state index in [9.17, 15) is 4.79 Å². The molecule has 4 rings (SSSR count). The second-order valence-corrected chi connectivity index (χ2v) is 7.18. The first kappa shape index (κ1) is 16.1. The number of rotatable bonds is 4. The zero-order valence-corrected chi connectivity index (χ0v) is 14.6. The van der Waals surface area contributed by atoms with E-state index in [-0.39, 0.29) is 0 Å². The fourth-order valence-electron chi connectivity index (χ4n) is 3.31. The van der Waals surface area contributed by atoms with Crippen molar-refractivity contribution < 1.29 is 9.90 Å². The molecule has 1 aliphatic rings.